The van der Waals surface area contributed by atoms with Gasteiger partial charge in [0.2, 0.25) is 11.8 Å². The zero-order chi connectivity index (χ0) is 37.2. The normalized spacial score (nSPS) is 29.2. The molecule has 2 aromatic rings. The molecule has 1 aliphatic carbocycles. The van der Waals surface area contributed by atoms with Crippen LogP contribution in [0.3, 0.4) is 0 Å². The Morgan fingerprint density at radius 3 is 2.53 bits per heavy atom. The SMILES string of the molecule is CC[C@@H]1[C@@H]2CN(C(=O)[C@H](C(C)(C)C)NC(=O)O[C@@H]3C[C@H](C)C[C@H]3CC/C=C/C(F)(F)c3nc4ccc(OC)cc4nc3O2)[C@@H]1C(=O)OCC(C)C. The van der Waals surface area contributed by atoms with Gasteiger partial charge in [0.1, 0.15) is 30.0 Å². The highest BCUT2D eigenvalue weighted by Crippen LogP contribution is 2.41. The zero-order valence-corrected chi connectivity index (χ0v) is 30.9. The van der Waals surface area contributed by atoms with Crippen LogP contribution in [-0.2, 0) is 25.0 Å². The van der Waals surface area contributed by atoms with Gasteiger partial charge in [0.25, 0.3) is 0 Å². The third-order valence-electron chi connectivity index (χ3n) is 10.1. The Hall–Kier alpha value is -4.03. The molecule has 1 aromatic heterocycles. The van der Waals surface area contributed by atoms with Gasteiger partial charge in [-0.3, -0.25) is 4.79 Å². The predicted octanol–water partition coefficient (Wildman–Crippen LogP) is 6.82. The molecular weight excluding hydrogens is 662 g/mol. The van der Waals surface area contributed by atoms with Crippen molar-refractivity contribution < 1.29 is 42.1 Å². The van der Waals surface area contributed by atoms with Gasteiger partial charge < -0.3 is 29.2 Å². The lowest BCUT2D eigenvalue weighted by Crippen LogP contribution is -2.57. The highest BCUT2D eigenvalue weighted by molar-refractivity contribution is 5.91. The zero-order valence-electron chi connectivity index (χ0n) is 30.9. The Morgan fingerprint density at radius 2 is 1.86 bits per heavy atom. The summed E-state index contributed by atoms with van der Waals surface area (Å²) in [5, 5.41) is 2.83. The summed E-state index contributed by atoms with van der Waals surface area (Å²) >= 11 is 0. The van der Waals surface area contributed by atoms with Crippen LogP contribution in [-0.4, -0.2) is 77.4 Å². The fourth-order valence-corrected chi connectivity index (χ4v) is 7.47. The second kappa shape index (κ2) is 15.3. The first kappa shape index (κ1) is 38.2. The molecule has 5 rings (SSSR count). The number of nitrogens with zero attached hydrogens (tertiary/aromatic N) is 3. The summed E-state index contributed by atoms with van der Waals surface area (Å²) in [4.78, 5) is 52.1. The molecule has 280 valence electrons. The first-order valence-electron chi connectivity index (χ1n) is 18.0. The summed E-state index contributed by atoms with van der Waals surface area (Å²) in [6.45, 7) is 13.1. The Morgan fingerprint density at radius 1 is 1.12 bits per heavy atom. The lowest BCUT2D eigenvalue weighted by Gasteiger charge is -2.35. The van der Waals surface area contributed by atoms with Gasteiger partial charge in [0, 0.05) is 12.0 Å². The van der Waals surface area contributed by atoms with E-state index in [1.54, 1.807) is 18.2 Å². The summed E-state index contributed by atoms with van der Waals surface area (Å²) in [5.74, 6) is -5.12. The number of methoxy groups -OCH3 is 1. The Bertz CT molecular complexity index is 1630. The minimum Gasteiger partial charge on any atom is -0.497 e. The van der Waals surface area contributed by atoms with Gasteiger partial charge in [0.15, 0.2) is 5.69 Å². The molecule has 2 fully saturated rings. The van der Waals surface area contributed by atoms with Crippen LogP contribution in [0.1, 0.15) is 86.3 Å². The standard InChI is InChI=1S/C38H52F2N4O7/c1-9-25-29-19-44(30(25)35(46)49-20-21(2)3)34(45)32(37(5,6)7)43-36(47)51-28-17-22(4)16-23(28)12-10-11-15-38(39,40)31-33(50-29)42-27-18-24(48-8)13-14-26(27)41-31/h11,13-15,18,21-23,25,28-30,32H,9-10,12,16-17,19-20H2,1-8H3,(H,43,47)/b15-11+/t22-,23-,25-,28-,29+,30+,32-/m1/s1. The van der Waals surface area contributed by atoms with Crippen molar-refractivity contribution in [2.75, 3.05) is 20.3 Å². The molecule has 11 nitrogen and oxygen atoms in total. The number of nitrogens with one attached hydrogen (secondary N) is 1. The van der Waals surface area contributed by atoms with Crippen LogP contribution in [0.2, 0.25) is 0 Å². The number of fused-ring (bicyclic) bond motifs is 5. The molecule has 0 unspecified atom stereocenters. The minimum absolute atomic E-state index is 0.0258. The Kier molecular flexibility index (Phi) is 11.5. The monoisotopic (exact) mass is 714 g/mol. The molecule has 1 N–H and O–H groups in total. The van der Waals surface area contributed by atoms with E-state index in [0.29, 0.717) is 31.4 Å². The summed E-state index contributed by atoms with van der Waals surface area (Å²) in [5.41, 5.74) is -0.970. The number of alkyl halides is 2. The van der Waals surface area contributed by atoms with Crippen LogP contribution < -0.4 is 14.8 Å². The van der Waals surface area contributed by atoms with E-state index in [1.165, 1.54) is 18.1 Å². The number of carbonyl (C=O) groups excluding carboxylic acids is 3. The molecule has 2 bridgehead atoms. The highest BCUT2D eigenvalue weighted by Gasteiger charge is 2.52. The van der Waals surface area contributed by atoms with Gasteiger partial charge in [0.05, 0.1) is 31.3 Å². The van der Waals surface area contributed by atoms with Crippen molar-refractivity contribution in [2.45, 2.75) is 111 Å². The first-order valence-corrected chi connectivity index (χ1v) is 18.0. The fraction of sp³-hybridized carbons (Fsp3) is 0.658. The van der Waals surface area contributed by atoms with Crippen LogP contribution in [0, 0.1) is 29.1 Å². The van der Waals surface area contributed by atoms with Gasteiger partial charge in [-0.1, -0.05) is 54.5 Å². The van der Waals surface area contributed by atoms with Crippen LogP contribution in [0.25, 0.3) is 11.0 Å². The number of esters is 1. The molecule has 3 heterocycles. The van der Waals surface area contributed by atoms with Crippen molar-refractivity contribution in [3.63, 3.8) is 0 Å². The molecular formula is C38H52F2N4O7. The van der Waals surface area contributed by atoms with Gasteiger partial charge in [-0.25, -0.2) is 19.6 Å². The number of halogens is 2. The maximum Gasteiger partial charge on any atom is 0.408 e. The Balaban J connectivity index is 1.64. The van der Waals surface area contributed by atoms with E-state index in [4.69, 9.17) is 18.9 Å². The predicted molar refractivity (Wildman–Crippen MR) is 186 cm³/mol. The van der Waals surface area contributed by atoms with Crippen LogP contribution in [0.15, 0.2) is 30.4 Å². The van der Waals surface area contributed by atoms with E-state index in [9.17, 15) is 14.4 Å². The lowest BCUT2D eigenvalue weighted by atomic mass is 9.85. The molecule has 1 saturated heterocycles. The number of amides is 2. The van der Waals surface area contributed by atoms with Gasteiger partial charge in [-0.05, 0) is 73.5 Å². The third kappa shape index (κ3) is 8.55. The molecule has 3 aliphatic rings. The number of hydrogen-bond acceptors (Lipinski definition) is 9. The molecule has 51 heavy (non-hydrogen) atoms. The van der Waals surface area contributed by atoms with Crippen molar-refractivity contribution >= 4 is 29.0 Å². The molecule has 0 radical (unpaired) electrons. The van der Waals surface area contributed by atoms with E-state index in [2.05, 4.69) is 22.2 Å². The molecule has 1 aromatic carbocycles. The number of carbonyl (C=O) groups is 3. The third-order valence-corrected chi connectivity index (χ3v) is 10.1. The average molecular weight is 715 g/mol. The molecule has 2 aliphatic heterocycles. The number of aromatic nitrogens is 2. The van der Waals surface area contributed by atoms with Crippen molar-refractivity contribution in [3.05, 3.63) is 36.0 Å². The van der Waals surface area contributed by atoms with E-state index >= 15 is 8.78 Å². The molecule has 2 amide bonds. The molecule has 7 atom stereocenters. The van der Waals surface area contributed by atoms with Crippen LogP contribution in [0.4, 0.5) is 13.6 Å². The van der Waals surface area contributed by atoms with Crippen LogP contribution in [0.5, 0.6) is 11.6 Å². The fourth-order valence-electron chi connectivity index (χ4n) is 7.47. The number of rotatable bonds is 5. The van der Waals surface area contributed by atoms with Crippen molar-refractivity contribution in [1.82, 2.24) is 20.2 Å². The van der Waals surface area contributed by atoms with Gasteiger partial charge in [-0.2, -0.15) is 8.78 Å². The van der Waals surface area contributed by atoms with Crippen molar-refractivity contribution in [3.8, 4) is 11.6 Å². The minimum atomic E-state index is -3.58. The van der Waals surface area contributed by atoms with Crippen molar-refractivity contribution in [1.29, 1.82) is 0 Å². The first-order chi connectivity index (χ1) is 24.0. The number of allylic oxidation sites excluding steroid dienone is 2. The maximum absolute atomic E-state index is 16.2. The number of hydrogen-bond donors (Lipinski definition) is 1. The van der Waals surface area contributed by atoms with E-state index in [1.807, 2.05) is 41.5 Å². The van der Waals surface area contributed by atoms with E-state index in [-0.39, 0.29) is 41.9 Å². The second-order valence-corrected chi connectivity index (χ2v) is 15.7. The topological polar surface area (TPSA) is 129 Å². The quantitative estimate of drug-likeness (QED) is 0.262. The molecule has 0 spiro atoms. The molecule has 1 saturated carbocycles. The smallest absolute Gasteiger partial charge is 0.408 e. The van der Waals surface area contributed by atoms with Crippen LogP contribution >= 0.6 is 0 Å². The van der Waals surface area contributed by atoms with Gasteiger partial charge >= 0.3 is 18.0 Å². The summed E-state index contributed by atoms with van der Waals surface area (Å²) in [6.07, 6.45) is 2.70. The lowest BCUT2D eigenvalue weighted by molar-refractivity contribution is -0.157. The summed E-state index contributed by atoms with van der Waals surface area (Å²) < 4.78 is 55.8. The number of alkyl carbamates (subject to hydrolysis) is 1. The number of benzene rings is 1. The highest BCUT2D eigenvalue weighted by atomic mass is 19.3. The van der Waals surface area contributed by atoms with E-state index < -0.39 is 71.1 Å². The second-order valence-electron chi connectivity index (χ2n) is 15.7. The van der Waals surface area contributed by atoms with Crippen molar-refractivity contribution in [2.24, 2.45) is 29.1 Å². The maximum atomic E-state index is 16.2. The van der Waals surface area contributed by atoms with Gasteiger partial charge in [-0.15, -0.1) is 0 Å². The average Bonchev–Trinajstić information content (AvgIpc) is 3.61. The Labute approximate surface area is 298 Å². The number of ether oxygens (including phenoxy) is 4. The summed E-state index contributed by atoms with van der Waals surface area (Å²) in [6, 6.07) is 2.55. The molecule has 13 heteroatoms. The largest absolute Gasteiger partial charge is 0.497 e. The summed E-state index contributed by atoms with van der Waals surface area (Å²) in [7, 11) is 1.49. The van der Waals surface area contributed by atoms with E-state index in [0.717, 1.165) is 12.5 Å².